The number of hydrogen-bond donors (Lipinski definition) is 4. The van der Waals surface area contributed by atoms with Crippen molar-refractivity contribution in [1.82, 2.24) is 0 Å². The Kier molecular flexibility index (Phi) is 46.2. The van der Waals surface area contributed by atoms with Gasteiger partial charge >= 0.3 is 0 Å². The van der Waals surface area contributed by atoms with E-state index in [-0.39, 0.29) is 0 Å². The van der Waals surface area contributed by atoms with Crippen LogP contribution in [0.25, 0.3) is 21.5 Å². The van der Waals surface area contributed by atoms with E-state index in [0.29, 0.717) is 18.8 Å². The Balaban J connectivity index is -0.000000174. The molecule has 0 saturated carbocycles. The molecule has 55 heavy (non-hydrogen) atoms. The number of rotatable bonds is 2. The lowest BCUT2D eigenvalue weighted by molar-refractivity contribution is -0.432. The van der Waals surface area contributed by atoms with Crippen LogP contribution in [0.4, 0.5) is 0 Å². The van der Waals surface area contributed by atoms with Crippen molar-refractivity contribution in [3.63, 3.8) is 0 Å². The fourth-order valence-electron chi connectivity index (χ4n) is 2.68. The van der Waals surface area contributed by atoms with Crippen molar-refractivity contribution >= 4 is 63.9 Å². The monoisotopic (exact) mass is 850 g/mol. The first-order chi connectivity index (χ1) is 25.6. The van der Waals surface area contributed by atoms with Crippen LogP contribution >= 0.6 is 12.0 Å². The van der Waals surface area contributed by atoms with Crippen LogP contribution in [0, 0.1) is 0 Å². The van der Waals surface area contributed by atoms with Crippen LogP contribution in [0.1, 0.15) is 60.8 Å². The Morgan fingerprint density at radius 3 is 0.618 bits per heavy atom. The molecule has 5 rings (SSSR count). The Morgan fingerprint density at radius 2 is 0.545 bits per heavy atom. The second kappa shape index (κ2) is 41.7. The van der Waals surface area contributed by atoms with E-state index in [1.807, 2.05) is 36.4 Å². The van der Waals surface area contributed by atoms with Gasteiger partial charge in [-0.2, -0.15) is 25.3 Å². The highest BCUT2D eigenvalue weighted by Crippen LogP contribution is 2.12. The number of fused-ring (bicyclic) bond motifs is 2. The molecule has 0 radical (unpaired) electrons. The van der Waals surface area contributed by atoms with Gasteiger partial charge in [0.05, 0.1) is 18.8 Å². The minimum absolute atomic E-state index is 0.715. The average molecular weight is 851 g/mol. The number of hydrogen-bond acceptors (Lipinski definition) is 10. The highest BCUT2D eigenvalue weighted by Gasteiger charge is 1.86. The molecule has 16 heteroatoms. The van der Waals surface area contributed by atoms with Crippen molar-refractivity contribution in [2.24, 2.45) is 0 Å². The van der Waals surface area contributed by atoms with Gasteiger partial charge in [0.15, 0.2) is 0 Å². The summed E-state index contributed by atoms with van der Waals surface area (Å²) in [6, 6.07) is 45.4. The van der Waals surface area contributed by atoms with Crippen LogP contribution in [-0.4, -0.2) is 69.2 Å². The molecule has 5 aromatic carbocycles. The number of benzene rings is 5. The molecule has 0 aliphatic carbocycles. The lowest BCUT2D eigenvalue weighted by atomic mass is 10.1. The SMILES string of the molecule is CCC.CCC.CCC.CS(=O)(=O)O.CS(=O)(=O)O.CS(=O)(=O)O.CSOOO.c1ccc2ccccc2c1.c1ccc2ccccc2c1.c1ccccc1. The molecule has 0 aliphatic heterocycles. The normalized spacial score (nSPS) is 9.42. The Morgan fingerprint density at radius 1 is 0.418 bits per heavy atom. The molecular weight excluding hydrogens is 789 g/mol. The van der Waals surface area contributed by atoms with Crippen molar-refractivity contribution in [3.8, 4) is 0 Å². The van der Waals surface area contributed by atoms with E-state index in [4.69, 9.17) is 18.9 Å². The van der Waals surface area contributed by atoms with E-state index in [2.05, 4.69) is 148 Å². The van der Waals surface area contributed by atoms with Gasteiger partial charge in [0.2, 0.25) is 0 Å². The third kappa shape index (κ3) is 72.5. The first-order valence-electron chi connectivity index (χ1n) is 16.7. The summed E-state index contributed by atoms with van der Waals surface area (Å²) in [5.41, 5.74) is 0. The maximum absolute atomic E-state index is 9.19. The lowest BCUT2D eigenvalue weighted by Crippen LogP contribution is -1.88. The van der Waals surface area contributed by atoms with Crippen molar-refractivity contribution < 1.29 is 53.5 Å². The van der Waals surface area contributed by atoms with E-state index in [1.54, 1.807) is 6.26 Å². The van der Waals surface area contributed by atoms with Crippen LogP contribution in [0.3, 0.4) is 0 Å². The minimum Gasteiger partial charge on any atom is -0.286 e. The Hall–Kier alpha value is -3.42. The third-order valence-electron chi connectivity index (χ3n) is 4.08. The van der Waals surface area contributed by atoms with Gasteiger partial charge in [-0.25, -0.2) is 5.26 Å². The third-order valence-corrected chi connectivity index (χ3v) is 4.28. The van der Waals surface area contributed by atoms with E-state index >= 15 is 0 Å². The van der Waals surface area contributed by atoms with E-state index in [0.717, 1.165) is 12.0 Å². The summed E-state index contributed by atoms with van der Waals surface area (Å²) in [5.74, 6) is 0. The van der Waals surface area contributed by atoms with Crippen molar-refractivity contribution in [1.29, 1.82) is 0 Å². The highest BCUT2D eigenvalue weighted by atomic mass is 32.2. The highest BCUT2D eigenvalue weighted by molar-refractivity contribution is 7.93. The summed E-state index contributed by atoms with van der Waals surface area (Å²) in [7, 11) is -11.0. The average Bonchev–Trinajstić information content (AvgIpc) is 3.09. The predicted octanol–water partition coefficient (Wildman–Crippen LogP) is 10.8. The molecule has 5 aromatic rings. The zero-order valence-electron chi connectivity index (χ0n) is 33.5. The lowest BCUT2D eigenvalue weighted by Gasteiger charge is -1.92. The smallest absolute Gasteiger partial charge is 0.261 e. The molecular formula is C39H62O12S4. The summed E-state index contributed by atoms with van der Waals surface area (Å²) in [6.07, 6.45) is 7.52. The van der Waals surface area contributed by atoms with Crippen LogP contribution in [0.5, 0.6) is 0 Å². The predicted molar refractivity (Wildman–Crippen MR) is 233 cm³/mol. The largest absolute Gasteiger partial charge is 0.286 e. The molecule has 4 N–H and O–H groups in total. The van der Waals surface area contributed by atoms with Gasteiger partial charge in [-0.3, -0.25) is 13.7 Å². The minimum atomic E-state index is -3.67. The van der Waals surface area contributed by atoms with Gasteiger partial charge in [-0.1, -0.05) is 199 Å². The molecule has 314 valence electrons. The summed E-state index contributed by atoms with van der Waals surface area (Å²) >= 11 is 0.929. The van der Waals surface area contributed by atoms with Crippen LogP contribution < -0.4 is 0 Å². The maximum atomic E-state index is 9.19. The van der Waals surface area contributed by atoms with Gasteiger partial charge < -0.3 is 0 Å². The molecule has 0 aromatic heterocycles. The van der Waals surface area contributed by atoms with Gasteiger partial charge in [0.1, 0.15) is 0 Å². The van der Waals surface area contributed by atoms with Gasteiger partial charge in [-0.05, 0) is 21.5 Å². The molecule has 0 spiro atoms. The summed E-state index contributed by atoms with van der Waals surface area (Å²) in [4.78, 5) is 0. The second-order valence-corrected chi connectivity index (χ2v) is 15.3. The Bertz CT molecular complexity index is 1530. The molecule has 0 fully saturated rings. The zero-order valence-corrected chi connectivity index (χ0v) is 36.8. The summed E-state index contributed by atoms with van der Waals surface area (Å²) < 4.78 is 81.4. The van der Waals surface area contributed by atoms with Crippen molar-refractivity contribution in [2.75, 3.05) is 25.0 Å². The van der Waals surface area contributed by atoms with Gasteiger partial charge in [-0.15, -0.1) is 4.33 Å². The fourth-order valence-corrected chi connectivity index (χ4v) is 2.74. The molecule has 0 saturated heterocycles. The first-order valence-corrected chi connectivity index (χ1v) is 23.4. The molecule has 0 unspecified atom stereocenters. The van der Waals surface area contributed by atoms with Gasteiger partial charge in [0, 0.05) is 18.3 Å². The first kappa shape index (κ1) is 60.8. The Labute approximate surface area is 335 Å². The van der Waals surface area contributed by atoms with E-state index < -0.39 is 30.4 Å². The standard InChI is InChI=1S/2C10H8.C6H6.3C3H8.4CH4O3S/c2*1-2-6-10-8-4-3-7-9(10)5-1;1-2-4-6-5-3-1;3*1-3-2;3*1-5(2,3)4;1-5-4-3-2/h2*1-8H;1-6H;3*3H2,1-2H3;3*1H3,(H,2,3,4);2H,1H3. The summed E-state index contributed by atoms with van der Waals surface area (Å²) in [6.45, 7) is 12.8. The van der Waals surface area contributed by atoms with Crippen molar-refractivity contribution in [3.05, 3.63) is 133 Å². The molecule has 0 aliphatic rings. The van der Waals surface area contributed by atoms with Crippen LogP contribution in [-0.2, 0) is 39.7 Å². The van der Waals surface area contributed by atoms with E-state index in [1.165, 1.54) is 40.8 Å². The van der Waals surface area contributed by atoms with Crippen LogP contribution in [0.15, 0.2) is 133 Å². The fraction of sp³-hybridized carbons (Fsp3) is 0.333. The van der Waals surface area contributed by atoms with Crippen LogP contribution in [0.2, 0.25) is 0 Å². The second-order valence-electron chi connectivity index (χ2n) is 10.5. The maximum Gasteiger partial charge on any atom is 0.261 e. The van der Waals surface area contributed by atoms with Crippen molar-refractivity contribution in [2.45, 2.75) is 60.8 Å². The molecule has 0 amide bonds. The van der Waals surface area contributed by atoms with Gasteiger partial charge in [0.25, 0.3) is 30.4 Å². The molecule has 0 bridgehead atoms. The quantitative estimate of drug-likeness (QED) is 0.0566. The molecule has 12 nitrogen and oxygen atoms in total. The molecule has 0 heterocycles. The summed E-state index contributed by atoms with van der Waals surface area (Å²) in [5, 5.41) is 15.7. The zero-order chi connectivity index (χ0) is 43.6. The topological polar surface area (TPSA) is 202 Å². The molecule has 0 atom stereocenters. The van der Waals surface area contributed by atoms with E-state index in [9.17, 15) is 25.3 Å².